The van der Waals surface area contributed by atoms with E-state index in [2.05, 4.69) is 33.1 Å². The van der Waals surface area contributed by atoms with Crippen LogP contribution in [-0.4, -0.2) is 60.7 Å². The molecule has 36 heavy (non-hydrogen) atoms. The first kappa shape index (κ1) is 27.1. The first-order chi connectivity index (χ1) is 17.1. The van der Waals surface area contributed by atoms with Crippen LogP contribution in [0.15, 0.2) is 53.1 Å². The first-order valence-electron chi connectivity index (χ1n) is 11.9. The number of carbonyl (C=O) groups is 1. The third-order valence-electron chi connectivity index (χ3n) is 6.55. The van der Waals surface area contributed by atoms with Crippen molar-refractivity contribution in [3.63, 3.8) is 0 Å². The second kappa shape index (κ2) is 12.5. The zero-order valence-electron chi connectivity index (χ0n) is 20.4. The van der Waals surface area contributed by atoms with Gasteiger partial charge < -0.3 is 25.1 Å². The van der Waals surface area contributed by atoms with Crippen LogP contribution < -0.4 is 10.6 Å². The summed E-state index contributed by atoms with van der Waals surface area (Å²) in [7, 11) is 1.00. The van der Waals surface area contributed by atoms with E-state index in [1.807, 2.05) is 30.3 Å². The highest BCUT2D eigenvalue weighted by Gasteiger charge is 2.18. The molecule has 0 saturated carbocycles. The fraction of sp³-hybridized carbons (Fsp3) is 0.333. The number of anilines is 1. The average Bonchev–Trinajstić information content (AvgIpc) is 3.51. The Bertz CT molecular complexity index is 1350. The number of nitrogens with two attached hydrogens (primary N) is 1. The lowest BCUT2D eigenvalue weighted by atomic mass is 10.1. The van der Waals surface area contributed by atoms with Gasteiger partial charge >= 0.3 is 0 Å². The molecule has 4 N–H and O–H groups in total. The van der Waals surface area contributed by atoms with Crippen molar-refractivity contribution in [2.75, 3.05) is 44.7 Å². The number of hydrogen-bond acceptors (Lipinski definition) is 6. The third kappa shape index (κ3) is 6.00. The lowest BCUT2D eigenvalue weighted by Crippen LogP contribution is -2.46. The van der Waals surface area contributed by atoms with E-state index in [1.54, 1.807) is 6.07 Å². The maximum Gasteiger partial charge on any atom is 0.284 e. The van der Waals surface area contributed by atoms with Gasteiger partial charge in [-0.25, -0.2) is 0 Å². The molecule has 3 heterocycles. The Labute approximate surface area is 216 Å². The number of carbonyl (C=O) groups excluding carboxylic acids is 1. The predicted molar refractivity (Wildman–Crippen MR) is 145 cm³/mol. The number of aromatic nitrogens is 1. The number of amides is 1. The number of hydrogen-bond donors (Lipinski definition) is 3. The number of rotatable bonds is 7. The number of nitrogens with zero attached hydrogens (tertiary/aromatic N) is 3. The summed E-state index contributed by atoms with van der Waals surface area (Å²) in [4.78, 5) is 19.6. The molecule has 1 amide bonds. The SMILES string of the molecule is CO.Cl.N#Cc1ccc2[nH]cc(CCCCN3CCN(c4ccc5oc(C(N)=O)cc5c4)CC3)c2c1. The molecular formula is C27H32ClN5O3. The Kier molecular flexibility index (Phi) is 9.37. The summed E-state index contributed by atoms with van der Waals surface area (Å²) in [5.74, 6) is -0.344. The number of aliphatic hydroxyl groups excluding tert-OH is 1. The fourth-order valence-electron chi connectivity index (χ4n) is 4.68. The second-order valence-corrected chi connectivity index (χ2v) is 8.67. The van der Waals surface area contributed by atoms with E-state index in [0.29, 0.717) is 11.1 Å². The largest absolute Gasteiger partial charge is 0.451 e. The van der Waals surface area contributed by atoms with Crippen molar-refractivity contribution < 1.29 is 14.3 Å². The summed E-state index contributed by atoms with van der Waals surface area (Å²) in [6.07, 6.45) is 5.38. The molecule has 0 aliphatic carbocycles. The number of H-pyrrole nitrogens is 1. The summed E-state index contributed by atoms with van der Waals surface area (Å²) in [5, 5.41) is 18.2. The summed E-state index contributed by atoms with van der Waals surface area (Å²) in [5.41, 5.74) is 10.3. The van der Waals surface area contributed by atoms with E-state index in [0.717, 1.165) is 75.7 Å². The van der Waals surface area contributed by atoms with Gasteiger partial charge in [-0.2, -0.15) is 5.26 Å². The molecule has 0 spiro atoms. The normalized spacial score (nSPS) is 13.6. The molecule has 2 aromatic heterocycles. The van der Waals surface area contributed by atoms with Crippen LogP contribution in [0.3, 0.4) is 0 Å². The Morgan fingerprint density at radius 2 is 1.89 bits per heavy atom. The summed E-state index contributed by atoms with van der Waals surface area (Å²) in [6, 6.07) is 15.8. The van der Waals surface area contributed by atoms with Crippen molar-refractivity contribution in [3.8, 4) is 6.07 Å². The first-order valence-corrected chi connectivity index (χ1v) is 11.9. The standard InChI is InChI=1S/C26H27N5O2.CH4O.ClH/c27-16-18-4-6-23-22(13-18)19(17-29-23)3-1-2-8-30-9-11-31(12-10-30)21-5-7-24-20(14-21)15-25(33-24)26(28)32;1-2;/h4-7,13-15,17,29H,1-3,8-12H2,(H2,28,32);2H,1H3;1H. The minimum absolute atomic E-state index is 0. The van der Waals surface area contributed by atoms with Gasteiger partial charge in [0.15, 0.2) is 5.76 Å². The second-order valence-electron chi connectivity index (χ2n) is 8.67. The molecule has 1 saturated heterocycles. The van der Waals surface area contributed by atoms with E-state index in [4.69, 9.17) is 20.5 Å². The van der Waals surface area contributed by atoms with Gasteiger partial charge in [-0.1, -0.05) is 0 Å². The summed E-state index contributed by atoms with van der Waals surface area (Å²) < 4.78 is 5.49. The van der Waals surface area contributed by atoms with Crippen molar-refractivity contribution >= 4 is 45.9 Å². The maximum atomic E-state index is 11.4. The number of furan rings is 1. The predicted octanol–water partition coefficient (Wildman–Crippen LogP) is 4.06. The highest BCUT2D eigenvalue weighted by Crippen LogP contribution is 2.26. The molecule has 0 unspecified atom stereocenters. The highest BCUT2D eigenvalue weighted by molar-refractivity contribution is 5.95. The Morgan fingerprint density at radius 3 is 2.61 bits per heavy atom. The number of halogens is 1. The lowest BCUT2D eigenvalue weighted by molar-refractivity contribution is 0.0976. The smallest absolute Gasteiger partial charge is 0.284 e. The van der Waals surface area contributed by atoms with E-state index < -0.39 is 5.91 Å². The topological polar surface area (TPSA) is 123 Å². The number of aromatic amines is 1. The molecule has 190 valence electrons. The number of primary amides is 1. The number of unbranched alkanes of at least 4 members (excludes halogenated alkanes) is 1. The minimum atomic E-state index is -0.544. The van der Waals surface area contributed by atoms with E-state index in [1.165, 1.54) is 10.9 Å². The minimum Gasteiger partial charge on any atom is -0.451 e. The van der Waals surface area contributed by atoms with Crippen molar-refractivity contribution in [2.24, 2.45) is 5.73 Å². The fourth-order valence-corrected chi connectivity index (χ4v) is 4.68. The van der Waals surface area contributed by atoms with Crippen LogP contribution in [0.4, 0.5) is 5.69 Å². The lowest BCUT2D eigenvalue weighted by Gasteiger charge is -2.36. The molecule has 0 bridgehead atoms. The monoisotopic (exact) mass is 509 g/mol. The van der Waals surface area contributed by atoms with Gasteiger partial charge in [0.2, 0.25) is 0 Å². The summed E-state index contributed by atoms with van der Waals surface area (Å²) >= 11 is 0. The van der Waals surface area contributed by atoms with E-state index in [-0.39, 0.29) is 18.2 Å². The average molecular weight is 510 g/mol. The van der Waals surface area contributed by atoms with Crippen LogP contribution in [0.5, 0.6) is 0 Å². The quantitative estimate of drug-likeness (QED) is 0.323. The molecule has 1 aliphatic rings. The molecule has 1 fully saturated rings. The van der Waals surface area contributed by atoms with Gasteiger partial charge in [-0.15, -0.1) is 12.4 Å². The number of benzene rings is 2. The van der Waals surface area contributed by atoms with Gasteiger partial charge in [0.05, 0.1) is 11.6 Å². The molecular weight excluding hydrogens is 478 g/mol. The molecule has 9 heteroatoms. The molecule has 4 aromatic rings. The molecule has 0 atom stereocenters. The van der Waals surface area contributed by atoms with Gasteiger partial charge in [-0.3, -0.25) is 9.69 Å². The van der Waals surface area contributed by atoms with Crippen LogP contribution in [0.1, 0.15) is 34.5 Å². The van der Waals surface area contributed by atoms with Crippen molar-refractivity contribution in [1.29, 1.82) is 5.26 Å². The Morgan fingerprint density at radius 1 is 1.11 bits per heavy atom. The number of nitrogens with one attached hydrogen (secondary N) is 1. The zero-order valence-corrected chi connectivity index (χ0v) is 21.2. The number of fused-ring (bicyclic) bond motifs is 2. The Balaban J connectivity index is 0.00000117. The van der Waals surface area contributed by atoms with Crippen LogP contribution >= 0.6 is 12.4 Å². The molecule has 8 nitrogen and oxygen atoms in total. The van der Waals surface area contributed by atoms with Crippen LogP contribution in [0.25, 0.3) is 21.9 Å². The van der Waals surface area contributed by atoms with Crippen LogP contribution in [-0.2, 0) is 6.42 Å². The molecule has 5 rings (SSSR count). The Hall–Kier alpha value is -3.51. The van der Waals surface area contributed by atoms with Gasteiger partial charge in [0, 0.05) is 61.5 Å². The van der Waals surface area contributed by atoms with Crippen molar-refractivity contribution in [1.82, 2.24) is 9.88 Å². The van der Waals surface area contributed by atoms with Crippen molar-refractivity contribution in [3.05, 3.63) is 65.5 Å². The third-order valence-corrected chi connectivity index (χ3v) is 6.55. The van der Waals surface area contributed by atoms with E-state index in [9.17, 15) is 4.79 Å². The van der Waals surface area contributed by atoms with E-state index >= 15 is 0 Å². The zero-order chi connectivity index (χ0) is 24.8. The molecule has 1 aliphatic heterocycles. The number of aryl methyl sites for hydroxylation is 1. The van der Waals surface area contributed by atoms with Gasteiger partial charge in [0.1, 0.15) is 5.58 Å². The van der Waals surface area contributed by atoms with Crippen molar-refractivity contribution in [2.45, 2.75) is 19.3 Å². The van der Waals surface area contributed by atoms with Crippen LogP contribution in [0, 0.1) is 11.3 Å². The number of nitriles is 1. The molecule has 0 radical (unpaired) electrons. The highest BCUT2D eigenvalue weighted by atomic mass is 35.5. The number of piperazine rings is 1. The summed E-state index contributed by atoms with van der Waals surface area (Å²) in [6.45, 7) is 5.13. The van der Waals surface area contributed by atoms with Crippen LogP contribution in [0.2, 0.25) is 0 Å². The van der Waals surface area contributed by atoms with Gasteiger partial charge in [0.25, 0.3) is 5.91 Å². The molecule has 2 aromatic carbocycles. The van der Waals surface area contributed by atoms with Gasteiger partial charge in [-0.05, 0) is 73.8 Å². The number of aliphatic hydroxyl groups is 1. The maximum absolute atomic E-state index is 11.4.